The topological polar surface area (TPSA) is 23.8 Å². The average Bonchev–Trinajstić information content (AvgIpc) is 2.05. The summed E-state index contributed by atoms with van der Waals surface area (Å²) in [5, 5.41) is 8.73. The van der Waals surface area contributed by atoms with Gasteiger partial charge in [-0.25, -0.2) is 0 Å². The Labute approximate surface area is 90.5 Å². The molecule has 62 valence electrons. The highest BCUT2D eigenvalue weighted by molar-refractivity contribution is 14.1. The van der Waals surface area contributed by atoms with Gasteiger partial charge in [-0.05, 0) is 52.8 Å². The first-order valence-electron chi connectivity index (χ1n) is 3.44. The summed E-state index contributed by atoms with van der Waals surface area (Å²) in [5.74, 6) is 0.466. The zero-order chi connectivity index (χ0) is 9.14. The maximum Gasteiger partial charge on any atom is 0.0994 e. The van der Waals surface area contributed by atoms with Gasteiger partial charge in [-0.15, -0.1) is 11.6 Å². The van der Waals surface area contributed by atoms with E-state index in [-0.39, 0.29) is 0 Å². The molecule has 0 fully saturated rings. The molecule has 0 aliphatic carbocycles. The molecular weight excluding hydrogens is 284 g/mol. The predicted molar refractivity (Wildman–Crippen MR) is 58.2 cm³/mol. The van der Waals surface area contributed by atoms with Gasteiger partial charge in [0.1, 0.15) is 0 Å². The molecule has 0 saturated carbocycles. The molecular formula is C9H7ClIN. The van der Waals surface area contributed by atoms with Crippen molar-refractivity contribution in [2.75, 3.05) is 0 Å². The molecule has 0 radical (unpaired) electrons. The maximum atomic E-state index is 8.73. The Morgan fingerprint density at radius 3 is 2.75 bits per heavy atom. The van der Waals surface area contributed by atoms with Gasteiger partial charge in [0.05, 0.1) is 11.6 Å². The van der Waals surface area contributed by atoms with Crippen LogP contribution in [0.1, 0.15) is 16.7 Å². The SMILES string of the molecule is Cc1cc(I)c(CCl)cc1C#N. The predicted octanol–water partition coefficient (Wildman–Crippen LogP) is 3.21. The third kappa shape index (κ3) is 1.90. The van der Waals surface area contributed by atoms with Crippen LogP contribution in [0.15, 0.2) is 12.1 Å². The Hall–Kier alpha value is -0.270. The monoisotopic (exact) mass is 291 g/mol. The first kappa shape index (κ1) is 9.82. The van der Waals surface area contributed by atoms with Crippen molar-refractivity contribution in [3.05, 3.63) is 32.4 Å². The van der Waals surface area contributed by atoms with Crippen molar-refractivity contribution >= 4 is 34.2 Å². The minimum absolute atomic E-state index is 0.466. The van der Waals surface area contributed by atoms with E-state index < -0.39 is 0 Å². The highest BCUT2D eigenvalue weighted by Crippen LogP contribution is 2.19. The Balaban J connectivity index is 3.30. The summed E-state index contributed by atoms with van der Waals surface area (Å²) >= 11 is 7.92. The third-order valence-electron chi connectivity index (χ3n) is 1.66. The first-order chi connectivity index (χ1) is 5.69. The van der Waals surface area contributed by atoms with E-state index in [1.807, 2.05) is 19.1 Å². The van der Waals surface area contributed by atoms with Gasteiger partial charge in [0.2, 0.25) is 0 Å². The van der Waals surface area contributed by atoms with Crippen molar-refractivity contribution in [1.82, 2.24) is 0 Å². The van der Waals surface area contributed by atoms with Gasteiger partial charge < -0.3 is 0 Å². The fourth-order valence-corrected chi connectivity index (χ4v) is 2.20. The van der Waals surface area contributed by atoms with Gasteiger partial charge in [-0.3, -0.25) is 0 Å². The largest absolute Gasteiger partial charge is 0.192 e. The van der Waals surface area contributed by atoms with Crippen molar-refractivity contribution in [1.29, 1.82) is 5.26 Å². The number of hydrogen-bond acceptors (Lipinski definition) is 1. The molecule has 0 aromatic heterocycles. The number of nitrogens with zero attached hydrogens (tertiary/aromatic N) is 1. The second kappa shape index (κ2) is 4.11. The number of benzene rings is 1. The summed E-state index contributed by atoms with van der Waals surface area (Å²) in [6.07, 6.45) is 0. The third-order valence-corrected chi connectivity index (χ3v) is 2.95. The number of hydrogen-bond donors (Lipinski definition) is 0. The number of alkyl halides is 1. The fourth-order valence-electron chi connectivity index (χ4n) is 0.940. The molecule has 0 spiro atoms. The van der Waals surface area contributed by atoms with Gasteiger partial charge in [-0.1, -0.05) is 0 Å². The zero-order valence-corrected chi connectivity index (χ0v) is 9.48. The van der Waals surface area contributed by atoms with Crippen LogP contribution < -0.4 is 0 Å². The number of halogens is 2. The summed E-state index contributed by atoms with van der Waals surface area (Å²) in [5.41, 5.74) is 2.75. The second-order valence-electron chi connectivity index (χ2n) is 2.50. The van der Waals surface area contributed by atoms with Crippen LogP contribution in [-0.2, 0) is 5.88 Å². The summed E-state index contributed by atoms with van der Waals surface area (Å²) in [6.45, 7) is 1.93. The van der Waals surface area contributed by atoms with Crippen molar-refractivity contribution < 1.29 is 0 Å². The Kier molecular flexibility index (Phi) is 3.36. The van der Waals surface area contributed by atoms with Crippen molar-refractivity contribution in [2.45, 2.75) is 12.8 Å². The number of nitriles is 1. The number of rotatable bonds is 1. The molecule has 1 nitrogen and oxygen atoms in total. The molecule has 0 unspecified atom stereocenters. The molecule has 0 bridgehead atoms. The van der Waals surface area contributed by atoms with Gasteiger partial charge in [0, 0.05) is 9.45 Å². The van der Waals surface area contributed by atoms with Crippen LogP contribution >= 0.6 is 34.2 Å². The van der Waals surface area contributed by atoms with E-state index in [1.54, 1.807) is 0 Å². The van der Waals surface area contributed by atoms with E-state index in [2.05, 4.69) is 28.7 Å². The lowest BCUT2D eigenvalue weighted by molar-refractivity contribution is 1.29. The standard InChI is InChI=1S/C9H7ClIN/c1-6-2-9(11)7(4-10)3-8(6)5-12/h2-3H,4H2,1H3. The molecule has 0 heterocycles. The van der Waals surface area contributed by atoms with E-state index in [4.69, 9.17) is 16.9 Å². The maximum absolute atomic E-state index is 8.73. The van der Waals surface area contributed by atoms with Crippen molar-refractivity contribution in [3.63, 3.8) is 0 Å². The minimum Gasteiger partial charge on any atom is -0.192 e. The quantitative estimate of drug-likeness (QED) is 0.576. The summed E-state index contributed by atoms with van der Waals surface area (Å²) < 4.78 is 1.12. The lowest BCUT2D eigenvalue weighted by Crippen LogP contribution is -1.90. The highest BCUT2D eigenvalue weighted by Gasteiger charge is 2.03. The molecule has 1 aromatic rings. The van der Waals surface area contributed by atoms with E-state index in [1.165, 1.54) is 0 Å². The van der Waals surface area contributed by atoms with Crippen LogP contribution in [0.25, 0.3) is 0 Å². The van der Waals surface area contributed by atoms with E-state index >= 15 is 0 Å². The van der Waals surface area contributed by atoms with Crippen LogP contribution in [0.2, 0.25) is 0 Å². The van der Waals surface area contributed by atoms with Crippen LogP contribution in [0.3, 0.4) is 0 Å². The molecule has 0 N–H and O–H groups in total. The Morgan fingerprint density at radius 2 is 2.25 bits per heavy atom. The minimum atomic E-state index is 0.466. The Morgan fingerprint density at radius 1 is 1.58 bits per heavy atom. The van der Waals surface area contributed by atoms with Gasteiger partial charge in [0.25, 0.3) is 0 Å². The summed E-state index contributed by atoms with van der Waals surface area (Å²) in [4.78, 5) is 0. The second-order valence-corrected chi connectivity index (χ2v) is 3.93. The van der Waals surface area contributed by atoms with Crippen LogP contribution in [0, 0.1) is 21.8 Å². The summed E-state index contributed by atoms with van der Waals surface area (Å²) in [6, 6.07) is 5.97. The highest BCUT2D eigenvalue weighted by atomic mass is 127. The number of aryl methyl sites for hydroxylation is 1. The van der Waals surface area contributed by atoms with Crippen molar-refractivity contribution in [3.8, 4) is 6.07 Å². The van der Waals surface area contributed by atoms with Crippen LogP contribution in [0.5, 0.6) is 0 Å². The van der Waals surface area contributed by atoms with Gasteiger partial charge >= 0.3 is 0 Å². The lowest BCUT2D eigenvalue weighted by atomic mass is 10.1. The molecule has 0 aliphatic rings. The summed E-state index contributed by atoms with van der Waals surface area (Å²) in [7, 11) is 0. The molecule has 0 aliphatic heterocycles. The van der Waals surface area contributed by atoms with Crippen LogP contribution in [-0.4, -0.2) is 0 Å². The molecule has 0 amide bonds. The zero-order valence-electron chi connectivity index (χ0n) is 6.56. The fraction of sp³-hybridized carbons (Fsp3) is 0.222. The van der Waals surface area contributed by atoms with Gasteiger partial charge in [-0.2, -0.15) is 5.26 Å². The first-order valence-corrected chi connectivity index (χ1v) is 5.05. The average molecular weight is 292 g/mol. The lowest BCUT2D eigenvalue weighted by Gasteiger charge is -2.03. The van der Waals surface area contributed by atoms with E-state index in [9.17, 15) is 0 Å². The molecule has 1 aromatic carbocycles. The smallest absolute Gasteiger partial charge is 0.0994 e. The molecule has 3 heteroatoms. The van der Waals surface area contributed by atoms with E-state index in [0.717, 1.165) is 14.7 Å². The van der Waals surface area contributed by atoms with E-state index in [0.29, 0.717) is 11.4 Å². The van der Waals surface area contributed by atoms with Gasteiger partial charge in [0.15, 0.2) is 0 Å². The molecule has 0 saturated heterocycles. The molecule has 0 atom stereocenters. The van der Waals surface area contributed by atoms with Crippen molar-refractivity contribution in [2.24, 2.45) is 0 Å². The normalized spacial score (nSPS) is 9.50. The molecule has 1 rings (SSSR count). The molecule has 12 heavy (non-hydrogen) atoms. The van der Waals surface area contributed by atoms with Crippen LogP contribution in [0.4, 0.5) is 0 Å². The Bertz CT molecular complexity index is 341.